The van der Waals surface area contributed by atoms with Crippen molar-refractivity contribution in [3.8, 4) is 16.9 Å². The number of aromatic nitrogens is 1. The summed E-state index contributed by atoms with van der Waals surface area (Å²) >= 11 is 5.71. The molecule has 1 heterocycles. The number of fused-ring (bicyclic) bond motifs is 1. The lowest BCUT2D eigenvalue weighted by Crippen LogP contribution is -2.05. The van der Waals surface area contributed by atoms with Gasteiger partial charge in [0.05, 0.1) is 0 Å². The van der Waals surface area contributed by atoms with Crippen molar-refractivity contribution in [2.24, 2.45) is 0 Å². The lowest BCUT2D eigenvalue weighted by atomic mass is 10.0. The van der Waals surface area contributed by atoms with E-state index in [0.717, 1.165) is 21.3 Å². The predicted octanol–water partition coefficient (Wildman–Crippen LogP) is 5.32. The molecule has 0 aliphatic heterocycles. The third-order valence-corrected chi connectivity index (χ3v) is 4.06. The summed E-state index contributed by atoms with van der Waals surface area (Å²) in [7, 11) is 0. The van der Waals surface area contributed by atoms with Crippen LogP contribution in [0.4, 0.5) is 0 Å². The number of aromatic hydroxyl groups is 1. The minimum atomic E-state index is 0.266. The van der Waals surface area contributed by atoms with Crippen molar-refractivity contribution in [1.82, 2.24) is 4.57 Å². The zero-order valence-corrected chi connectivity index (χ0v) is 12.9. The fourth-order valence-electron chi connectivity index (χ4n) is 2.65. The molecule has 3 heteroatoms. The van der Waals surface area contributed by atoms with Gasteiger partial charge in [-0.25, -0.2) is 0 Å². The highest BCUT2D eigenvalue weighted by molar-refractivity contribution is 7.71. The van der Waals surface area contributed by atoms with E-state index in [0.29, 0.717) is 6.04 Å². The monoisotopic (exact) mass is 295 g/mol. The molecule has 3 rings (SSSR count). The van der Waals surface area contributed by atoms with Crippen molar-refractivity contribution >= 4 is 23.1 Å². The Morgan fingerprint density at radius 2 is 1.67 bits per heavy atom. The maximum absolute atomic E-state index is 9.46. The van der Waals surface area contributed by atoms with Crippen LogP contribution in [0, 0.1) is 4.64 Å². The zero-order valence-electron chi connectivity index (χ0n) is 12.1. The lowest BCUT2D eigenvalue weighted by Gasteiger charge is -2.18. The molecule has 106 valence electrons. The normalized spacial score (nSPS) is 11.2. The summed E-state index contributed by atoms with van der Waals surface area (Å²) in [5.41, 5.74) is 3.20. The van der Waals surface area contributed by atoms with Crippen molar-refractivity contribution in [2.75, 3.05) is 0 Å². The van der Waals surface area contributed by atoms with E-state index in [4.69, 9.17) is 12.2 Å². The van der Waals surface area contributed by atoms with Crippen LogP contribution in [0.25, 0.3) is 22.0 Å². The third-order valence-electron chi connectivity index (χ3n) is 3.64. The Morgan fingerprint density at radius 3 is 2.33 bits per heavy atom. The van der Waals surface area contributed by atoms with E-state index in [-0.39, 0.29) is 5.75 Å². The molecule has 0 radical (unpaired) electrons. The van der Waals surface area contributed by atoms with Gasteiger partial charge < -0.3 is 9.67 Å². The van der Waals surface area contributed by atoms with Crippen LogP contribution in [0.2, 0.25) is 0 Å². The van der Waals surface area contributed by atoms with Gasteiger partial charge >= 0.3 is 0 Å². The fraction of sp³-hybridized carbons (Fsp3) is 0.167. The summed E-state index contributed by atoms with van der Waals surface area (Å²) in [6, 6.07) is 17.9. The molecule has 2 aromatic carbocycles. The van der Waals surface area contributed by atoms with Gasteiger partial charge in [0.15, 0.2) is 0 Å². The van der Waals surface area contributed by atoms with Crippen LogP contribution in [0.5, 0.6) is 5.75 Å². The van der Waals surface area contributed by atoms with E-state index in [2.05, 4.69) is 36.6 Å². The van der Waals surface area contributed by atoms with Crippen LogP contribution in [-0.4, -0.2) is 9.67 Å². The lowest BCUT2D eigenvalue weighted by molar-refractivity contribution is 0.475. The van der Waals surface area contributed by atoms with Crippen LogP contribution >= 0.6 is 12.2 Å². The molecule has 0 fully saturated rings. The molecule has 0 saturated carbocycles. The Hall–Kier alpha value is -2.13. The second-order valence-corrected chi connectivity index (χ2v) is 5.82. The maximum Gasteiger partial charge on any atom is 0.115 e. The van der Waals surface area contributed by atoms with Gasteiger partial charge in [0.1, 0.15) is 10.4 Å². The Balaban J connectivity index is 2.36. The highest BCUT2D eigenvalue weighted by Gasteiger charge is 2.10. The van der Waals surface area contributed by atoms with Crippen molar-refractivity contribution in [3.63, 3.8) is 0 Å². The molecule has 0 amide bonds. The maximum atomic E-state index is 9.46. The molecule has 0 unspecified atom stereocenters. The summed E-state index contributed by atoms with van der Waals surface area (Å²) in [6.07, 6.45) is 0. The Labute approximate surface area is 129 Å². The molecule has 2 nitrogen and oxygen atoms in total. The first-order valence-corrected chi connectivity index (χ1v) is 7.42. The van der Waals surface area contributed by atoms with E-state index in [1.165, 1.54) is 5.39 Å². The van der Waals surface area contributed by atoms with Crippen LogP contribution in [0.3, 0.4) is 0 Å². The molecule has 1 aromatic heterocycles. The molecule has 1 N–H and O–H groups in total. The van der Waals surface area contributed by atoms with Gasteiger partial charge in [0.2, 0.25) is 0 Å². The smallest absolute Gasteiger partial charge is 0.115 e. The third kappa shape index (κ3) is 2.45. The average Bonchev–Trinajstić information content (AvgIpc) is 2.47. The van der Waals surface area contributed by atoms with Crippen LogP contribution in [0.15, 0.2) is 54.6 Å². The van der Waals surface area contributed by atoms with Crippen molar-refractivity contribution in [1.29, 1.82) is 0 Å². The van der Waals surface area contributed by atoms with E-state index < -0.39 is 0 Å². The molecular formula is C18H17NOS. The van der Waals surface area contributed by atoms with Gasteiger partial charge in [-0.05, 0) is 49.1 Å². The molecule has 0 atom stereocenters. The molecule has 21 heavy (non-hydrogen) atoms. The highest BCUT2D eigenvalue weighted by atomic mass is 32.1. The first kappa shape index (κ1) is 13.8. The first-order valence-electron chi connectivity index (χ1n) is 7.01. The fourth-order valence-corrected chi connectivity index (χ4v) is 3.13. The minimum Gasteiger partial charge on any atom is -0.508 e. The van der Waals surface area contributed by atoms with Crippen molar-refractivity contribution in [3.05, 3.63) is 59.2 Å². The number of phenolic OH excluding ortho intramolecular Hbond substituents is 1. The van der Waals surface area contributed by atoms with Crippen LogP contribution in [0.1, 0.15) is 19.9 Å². The Kier molecular flexibility index (Phi) is 3.52. The molecule has 3 aromatic rings. The zero-order chi connectivity index (χ0) is 15.0. The van der Waals surface area contributed by atoms with E-state index in [1.807, 2.05) is 24.3 Å². The highest BCUT2D eigenvalue weighted by Crippen LogP contribution is 2.29. The summed E-state index contributed by atoms with van der Waals surface area (Å²) in [6.45, 7) is 4.28. The predicted molar refractivity (Wildman–Crippen MR) is 90.3 cm³/mol. The summed E-state index contributed by atoms with van der Waals surface area (Å²) in [4.78, 5) is 0. The largest absolute Gasteiger partial charge is 0.508 e. The molecule has 0 aliphatic rings. The van der Waals surface area contributed by atoms with Crippen molar-refractivity contribution < 1.29 is 5.11 Å². The average molecular weight is 295 g/mol. The number of hydrogen-bond donors (Lipinski definition) is 1. The molecule has 0 saturated heterocycles. The topological polar surface area (TPSA) is 25.2 Å². The molecular weight excluding hydrogens is 278 g/mol. The standard InChI is InChI=1S/C18H17NOS/c1-12(2)19-17-6-4-3-5-14(17)11-16(18(19)21)13-7-9-15(20)10-8-13/h3-12,20H,1-2H3. The Morgan fingerprint density at radius 1 is 1.00 bits per heavy atom. The van der Waals surface area contributed by atoms with Gasteiger partial charge in [-0.3, -0.25) is 0 Å². The molecule has 0 spiro atoms. The number of benzene rings is 2. The minimum absolute atomic E-state index is 0.266. The van der Waals surface area contributed by atoms with E-state index in [1.54, 1.807) is 12.1 Å². The van der Waals surface area contributed by atoms with E-state index in [9.17, 15) is 5.11 Å². The first-order chi connectivity index (χ1) is 10.1. The number of rotatable bonds is 2. The Bertz CT molecular complexity index is 847. The van der Waals surface area contributed by atoms with Gasteiger partial charge in [0, 0.05) is 17.1 Å². The summed E-state index contributed by atoms with van der Waals surface area (Å²) in [5.74, 6) is 0.266. The quantitative estimate of drug-likeness (QED) is 0.647. The van der Waals surface area contributed by atoms with Gasteiger partial charge in [-0.1, -0.05) is 42.5 Å². The second kappa shape index (κ2) is 5.34. The number of phenols is 1. The second-order valence-electron chi connectivity index (χ2n) is 5.43. The SMILES string of the molecule is CC(C)n1c(=S)c(-c2ccc(O)cc2)cc2ccccc21. The summed E-state index contributed by atoms with van der Waals surface area (Å²) < 4.78 is 3.02. The number of hydrogen-bond acceptors (Lipinski definition) is 2. The van der Waals surface area contributed by atoms with Gasteiger partial charge in [-0.15, -0.1) is 0 Å². The molecule has 0 bridgehead atoms. The number of nitrogens with zero attached hydrogens (tertiary/aromatic N) is 1. The van der Waals surface area contributed by atoms with Crippen LogP contribution < -0.4 is 0 Å². The van der Waals surface area contributed by atoms with Gasteiger partial charge in [-0.2, -0.15) is 0 Å². The van der Waals surface area contributed by atoms with Gasteiger partial charge in [0.25, 0.3) is 0 Å². The molecule has 0 aliphatic carbocycles. The number of para-hydroxylation sites is 1. The number of pyridine rings is 1. The summed E-state index contributed by atoms with van der Waals surface area (Å²) in [5, 5.41) is 10.6. The van der Waals surface area contributed by atoms with E-state index >= 15 is 0 Å². The van der Waals surface area contributed by atoms with Crippen LogP contribution in [-0.2, 0) is 0 Å². The van der Waals surface area contributed by atoms with Crippen molar-refractivity contribution in [2.45, 2.75) is 19.9 Å².